The number of hydrogen-bond acceptors (Lipinski definition) is 2. The second kappa shape index (κ2) is 4.91. The number of hydrogen-bond donors (Lipinski definition) is 1. The average Bonchev–Trinajstić information content (AvgIpc) is 2.35. The zero-order valence-corrected chi connectivity index (χ0v) is 9.94. The number of rotatable bonds is 4. The monoisotopic (exact) mass is 228 g/mol. The van der Waals surface area contributed by atoms with Gasteiger partial charge in [0.05, 0.1) is 0 Å². The Hall–Kier alpha value is -1.96. The van der Waals surface area contributed by atoms with Crippen molar-refractivity contribution in [1.82, 2.24) is 0 Å². The Balaban J connectivity index is 2.28. The first kappa shape index (κ1) is 11.5. The molecule has 0 aliphatic heterocycles. The molecule has 0 aliphatic carbocycles. The van der Waals surface area contributed by atoms with Crippen LogP contribution in [0.3, 0.4) is 0 Å². The summed E-state index contributed by atoms with van der Waals surface area (Å²) >= 11 is 0. The Morgan fingerprint density at radius 1 is 1.24 bits per heavy atom. The summed E-state index contributed by atoms with van der Waals surface area (Å²) in [5.41, 5.74) is 1.01. The maximum absolute atomic E-state index is 9.84. The number of ether oxygens (including phenoxy) is 1. The summed E-state index contributed by atoms with van der Waals surface area (Å²) in [7, 11) is 0. The molecule has 0 aliphatic rings. The topological polar surface area (TPSA) is 29.5 Å². The zero-order valence-electron chi connectivity index (χ0n) is 9.94. The third-order valence-electron chi connectivity index (χ3n) is 2.76. The van der Waals surface area contributed by atoms with Crippen LogP contribution in [0.2, 0.25) is 0 Å². The molecule has 0 fully saturated rings. The molecule has 0 bridgehead atoms. The fraction of sp³-hybridized carbons (Fsp3) is 0.200. The SMILES string of the molecule is C=C(CC)COc1cc2ccccc2cc1O. The predicted molar refractivity (Wildman–Crippen MR) is 70.5 cm³/mol. The van der Waals surface area contributed by atoms with E-state index in [4.69, 9.17) is 4.74 Å². The minimum Gasteiger partial charge on any atom is -0.504 e. The lowest BCUT2D eigenvalue weighted by Gasteiger charge is -2.10. The van der Waals surface area contributed by atoms with Crippen LogP contribution in [-0.2, 0) is 0 Å². The van der Waals surface area contributed by atoms with Gasteiger partial charge in [-0.3, -0.25) is 0 Å². The molecule has 2 heteroatoms. The van der Waals surface area contributed by atoms with Gasteiger partial charge in [0, 0.05) is 0 Å². The predicted octanol–water partition coefficient (Wildman–Crippen LogP) is 3.89. The standard InChI is InChI=1S/C15H16O2/c1-3-11(2)10-17-15-9-13-7-5-4-6-12(13)8-14(15)16/h4-9,16H,2-3,10H2,1H3. The molecule has 0 saturated heterocycles. The summed E-state index contributed by atoms with van der Waals surface area (Å²) in [5, 5.41) is 11.9. The van der Waals surface area contributed by atoms with Gasteiger partial charge in [-0.25, -0.2) is 0 Å². The lowest BCUT2D eigenvalue weighted by Crippen LogP contribution is -1.99. The van der Waals surface area contributed by atoms with Crippen molar-refractivity contribution in [3.8, 4) is 11.5 Å². The molecule has 0 heterocycles. The van der Waals surface area contributed by atoms with Crippen molar-refractivity contribution in [2.75, 3.05) is 6.61 Å². The van der Waals surface area contributed by atoms with Gasteiger partial charge >= 0.3 is 0 Å². The van der Waals surface area contributed by atoms with E-state index >= 15 is 0 Å². The van der Waals surface area contributed by atoms with Crippen LogP contribution >= 0.6 is 0 Å². The van der Waals surface area contributed by atoms with E-state index in [1.807, 2.05) is 37.3 Å². The van der Waals surface area contributed by atoms with E-state index in [2.05, 4.69) is 6.58 Å². The Bertz CT molecular complexity index is 544. The second-order valence-electron chi connectivity index (χ2n) is 4.06. The maximum Gasteiger partial charge on any atom is 0.162 e. The van der Waals surface area contributed by atoms with Crippen molar-refractivity contribution < 1.29 is 9.84 Å². The number of fused-ring (bicyclic) bond motifs is 1. The minimum absolute atomic E-state index is 0.174. The molecule has 0 amide bonds. The molecule has 0 spiro atoms. The molecule has 2 nitrogen and oxygen atoms in total. The average molecular weight is 228 g/mol. The van der Waals surface area contributed by atoms with Crippen LogP contribution in [-0.4, -0.2) is 11.7 Å². The van der Waals surface area contributed by atoms with Crippen LogP contribution in [0.15, 0.2) is 48.6 Å². The van der Waals surface area contributed by atoms with Crippen molar-refractivity contribution in [3.63, 3.8) is 0 Å². The quantitative estimate of drug-likeness (QED) is 0.804. The molecule has 88 valence electrons. The Kier molecular flexibility index (Phi) is 3.33. The van der Waals surface area contributed by atoms with Crippen LogP contribution in [0.5, 0.6) is 11.5 Å². The summed E-state index contributed by atoms with van der Waals surface area (Å²) < 4.78 is 5.55. The lowest BCUT2D eigenvalue weighted by molar-refractivity contribution is 0.326. The van der Waals surface area contributed by atoms with Gasteiger partial charge in [-0.1, -0.05) is 37.8 Å². The van der Waals surface area contributed by atoms with Crippen molar-refractivity contribution in [2.45, 2.75) is 13.3 Å². The molecule has 17 heavy (non-hydrogen) atoms. The first-order valence-corrected chi connectivity index (χ1v) is 5.72. The lowest BCUT2D eigenvalue weighted by atomic mass is 10.1. The normalized spacial score (nSPS) is 10.4. The molecule has 0 atom stereocenters. The van der Waals surface area contributed by atoms with Gasteiger partial charge in [-0.05, 0) is 34.9 Å². The van der Waals surface area contributed by atoms with E-state index in [0.29, 0.717) is 12.4 Å². The third-order valence-corrected chi connectivity index (χ3v) is 2.76. The summed E-state index contributed by atoms with van der Waals surface area (Å²) in [6.07, 6.45) is 0.883. The summed E-state index contributed by atoms with van der Waals surface area (Å²) in [6, 6.07) is 11.4. The van der Waals surface area contributed by atoms with Gasteiger partial charge in [0.25, 0.3) is 0 Å². The van der Waals surface area contributed by atoms with E-state index in [9.17, 15) is 5.11 Å². The van der Waals surface area contributed by atoms with Gasteiger partial charge in [0.1, 0.15) is 6.61 Å². The van der Waals surface area contributed by atoms with Gasteiger partial charge < -0.3 is 9.84 Å². The molecule has 2 aromatic carbocycles. The summed E-state index contributed by atoms with van der Waals surface area (Å²) in [6.45, 7) is 6.35. The van der Waals surface area contributed by atoms with Crippen molar-refractivity contribution >= 4 is 10.8 Å². The van der Waals surface area contributed by atoms with Crippen LogP contribution < -0.4 is 4.74 Å². The van der Waals surface area contributed by atoms with Crippen LogP contribution in [0, 0.1) is 0 Å². The largest absolute Gasteiger partial charge is 0.504 e. The van der Waals surface area contributed by atoms with Crippen molar-refractivity contribution in [3.05, 3.63) is 48.6 Å². The molecular weight excluding hydrogens is 212 g/mol. The maximum atomic E-state index is 9.84. The fourth-order valence-electron chi connectivity index (χ4n) is 1.60. The highest BCUT2D eigenvalue weighted by molar-refractivity contribution is 5.85. The van der Waals surface area contributed by atoms with E-state index in [0.717, 1.165) is 22.8 Å². The van der Waals surface area contributed by atoms with Gasteiger partial charge in [0.2, 0.25) is 0 Å². The van der Waals surface area contributed by atoms with Crippen LogP contribution in [0.4, 0.5) is 0 Å². The summed E-state index contributed by atoms with van der Waals surface area (Å²) in [4.78, 5) is 0. The van der Waals surface area contributed by atoms with Crippen LogP contribution in [0.25, 0.3) is 10.8 Å². The number of benzene rings is 2. The smallest absolute Gasteiger partial charge is 0.162 e. The Morgan fingerprint density at radius 2 is 1.88 bits per heavy atom. The Morgan fingerprint density at radius 3 is 2.53 bits per heavy atom. The number of phenols is 1. The molecule has 2 rings (SSSR count). The first-order valence-electron chi connectivity index (χ1n) is 5.72. The Labute approximate surface area is 101 Å². The van der Waals surface area contributed by atoms with E-state index < -0.39 is 0 Å². The molecular formula is C15H16O2. The highest BCUT2D eigenvalue weighted by Crippen LogP contribution is 2.31. The van der Waals surface area contributed by atoms with Crippen LogP contribution in [0.1, 0.15) is 13.3 Å². The first-order chi connectivity index (χ1) is 8.20. The highest BCUT2D eigenvalue weighted by Gasteiger charge is 2.05. The van der Waals surface area contributed by atoms with Gasteiger partial charge in [0.15, 0.2) is 11.5 Å². The van der Waals surface area contributed by atoms with Gasteiger partial charge in [-0.15, -0.1) is 0 Å². The molecule has 0 unspecified atom stereocenters. The van der Waals surface area contributed by atoms with E-state index in [1.165, 1.54) is 0 Å². The van der Waals surface area contributed by atoms with E-state index in [-0.39, 0.29) is 5.75 Å². The fourth-order valence-corrected chi connectivity index (χ4v) is 1.60. The van der Waals surface area contributed by atoms with Crippen molar-refractivity contribution in [1.29, 1.82) is 0 Å². The van der Waals surface area contributed by atoms with Crippen molar-refractivity contribution in [2.24, 2.45) is 0 Å². The van der Waals surface area contributed by atoms with Gasteiger partial charge in [-0.2, -0.15) is 0 Å². The molecule has 0 radical (unpaired) electrons. The number of aromatic hydroxyl groups is 1. The zero-order chi connectivity index (χ0) is 12.3. The number of phenolic OH excluding ortho intramolecular Hbond substituents is 1. The molecule has 1 N–H and O–H groups in total. The highest BCUT2D eigenvalue weighted by atomic mass is 16.5. The summed E-state index contributed by atoms with van der Waals surface area (Å²) in [5.74, 6) is 0.686. The minimum atomic E-state index is 0.174. The molecule has 2 aromatic rings. The van der Waals surface area contributed by atoms with E-state index in [1.54, 1.807) is 6.07 Å². The third kappa shape index (κ3) is 2.59. The molecule has 0 aromatic heterocycles. The molecule has 0 saturated carbocycles. The second-order valence-corrected chi connectivity index (χ2v) is 4.06.